The molecule has 0 bridgehead atoms. The average Bonchev–Trinajstić information content (AvgIpc) is 2.58. The van der Waals surface area contributed by atoms with Crippen molar-refractivity contribution in [1.82, 2.24) is 4.90 Å². The molecule has 3 rings (SSSR count). The number of aliphatic hydroxyl groups is 1. The van der Waals surface area contributed by atoms with E-state index in [2.05, 4.69) is 10.2 Å². The molecule has 0 aromatic heterocycles. The maximum Gasteiger partial charge on any atom is 0.255 e. The normalized spacial score (nSPS) is 18.1. The van der Waals surface area contributed by atoms with Gasteiger partial charge in [-0.05, 0) is 61.7 Å². The Morgan fingerprint density at radius 2 is 2.16 bits per heavy atom. The minimum absolute atomic E-state index is 0.173. The number of benzene rings is 2. The summed E-state index contributed by atoms with van der Waals surface area (Å²) in [5.41, 5.74) is 3.33. The molecular weight excluding hydrogens is 336 g/mol. The molecule has 1 aliphatic rings. The minimum Gasteiger partial charge on any atom is -0.392 e. The molecule has 2 aromatic rings. The van der Waals surface area contributed by atoms with E-state index in [1.165, 1.54) is 0 Å². The summed E-state index contributed by atoms with van der Waals surface area (Å²) in [4.78, 5) is 14.8. The number of amides is 1. The molecule has 0 aliphatic carbocycles. The Bertz CT molecular complexity index is 763. The number of hydrogen-bond acceptors (Lipinski definition) is 3. The maximum absolute atomic E-state index is 12.6. The second-order valence-electron chi connectivity index (χ2n) is 6.67. The average molecular weight is 359 g/mol. The lowest BCUT2D eigenvalue weighted by Gasteiger charge is -2.30. The van der Waals surface area contributed by atoms with Gasteiger partial charge in [0.2, 0.25) is 0 Å². The van der Waals surface area contributed by atoms with E-state index in [1.807, 2.05) is 37.3 Å². The van der Waals surface area contributed by atoms with Gasteiger partial charge < -0.3 is 10.4 Å². The Hall–Kier alpha value is -1.88. The predicted octanol–water partition coefficient (Wildman–Crippen LogP) is 3.86. The molecule has 0 radical (unpaired) electrons. The third kappa shape index (κ3) is 4.82. The summed E-state index contributed by atoms with van der Waals surface area (Å²) in [6.45, 7) is 4.37. The molecule has 25 heavy (non-hydrogen) atoms. The van der Waals surface area contributed by atoms with Gasteiger partial charge in [0, 0.05) is 18.7 Å². The summed E-state index contributed by atoms with van der Waals surface area (Å²) in [6, 6.07) is 13.2. The Labute approximate surface area is 153 Å². The molecule has 1 saturated heterocycles. The van der Waals surface area contributed by atoms with Crippen LogP contribution in [0.25, 0.3) is 0 Å². The number of rotatable bonds is 4. The van der Waals surface area contributed by atoms with Crippen molar-refractivity contribution in [2.45, 2.75) is 32.4 Å². The Morgan fingerprint density at radius 3 is 2.96 bits per heavy atom. The van der Waals surface area contributed by atoms with E-state index in [-0.39, 0.29) is 12.0 Å². The van der Waals surface area contributed by atoms with Crippen molar-refractivity contribution in [1.29, 1.82) is 0 Å². The maximum atomic E-state index is 12.6. The van der Waals surface area contributed by atoms with Crippen LogP contribution in [0.3, 0.4) is 0 Å². The quantitative estimate of drug-likeness (QED) is 0.872. The molecule has 0 unspecified atom stereocenters. The second kappa shape index (κ2) is 8.00. The number of anilines is 1. The topological polar surface area (TPSA) is 52.6 Å². The van der Waals surface area contributed by atoms with Crippen molar-refractivity contribution in [2.24, 2.45) is 0 Å². The third-order valence-corrected chi connectivity index (χ3v) is 4.78. The summed E-state index contributed by atoms with van der Waals surface area (Å²) in [7, 11) is 0. The number of β-amino-alcohol motifs (C(OH)–C–C–N with tert-alkyl or cyclic N) is 1. The summed E-state index contributed by atoms with van der Waals surface area (Å²) < 4.78 is 0. The number of aryl methyl sites for hydroxylation is 1. The summed E-state index contributed by atoms with van der Waals surface area (Å²) >= 11 is 6.16. The van der Waals surface area contributed by atoms with Gasteiger partial charge in [-0.25, -0.2) is 0 Å². The van der Waals surface area contributed by atoms with Crippen LogP contribution < -0.4 is 5.32 Å². The molecule has 1 amide bonds. The number of aliphatic hydroxyl groups excluding tert-OH is 1. The highest BCUT2D eigenvalue weighted by Crippen LogP contribution is 2.23. The highest BCUT2D eigenvalue weighted by molar-refractivity contribution is 6.34. The Balaban J connectivity index is 1.70. The molecule has 0 saturated carbocycles. The predicted molar refractivity (Wildman–Crippen MR) is 101 cm³/mol. The zero-order valence-electron chi connectivity index (χ0n) is 14.3. The van der Waals surface area contributed by atoms with Gasteiger partial charge in [0.25, 0.3) is 5.91 Å². The summed E-state index contributed by atoms with van der Waals surface area (Å²) in [6.07, 6.45) is 1.63. The molecule has 5 heteroatoms. The third-order valence-electron chi connectivity index (χ3n) is 4.45. The molecule has 1 atom stereocenters. The van der Waals surface area contributed by atoms with Crippen molar-refractivity contribution < 1.29 is 9.90 Å². The van der Waals surface area contributed by atoms with E-state index in [4.69, 9.17) is 11.6 Å². The molecule has 132 valence electrons. The van der Waals surface area contributed by atoms with Crippen molar-refractivity contribution >= 4 is 23.2 Å². The molecule has 0 spiro atoms. The van der Waals surface area contributed by atoms with E-state index in [1.54, 1.807) is 12.1 Å². The first kappa shape index (κ1) is 17.9. The molecule has 1 aliphatic heterocycles. The van der Waals surface area contributed by atoms with E-state index in [0.717, 1.165) is 37.1 Å². The molecule has 2 N–H and O–H groups in total. The number of likely N-dealkylation sites (tertiary alicyclic amines) is 1. The summed E-state index contributed by atoms with van der Waals surface area (Å²) in [5, 5.41) is 13.2. The zero-order valence-corrected chi connectivity index (χ0v) is 15.1. The number of piperidine rings is 1. The Morgan fingerprint density at radius 1 is 1.32 bits per heavy atom. The van der Waals surface area contributed by atoms with E-state index < -0.39 is 0 Å². The molecule has 2 aromatic carbocycles. The van der Waals surface area contributed by atoms with E-state index in [9.17, 15) is 9.90 Å². The highest BCUT2D eigenvalue weighted by Gasteiger charge is 2.18. The highest BCUT2D eigenvalue weighted by atomic mass is 35.5. The van der Waals surface area contributed by atoms with Crippen molar-refractivity contribution in [3.8, 4) is 0 Å². The summed E-state index contributed by atoms with van der Waals surface area (Å²) in [5.74, 6) is -0.173. The molecular formula is C20H23ClN2O2. The number of carbonyl (C=O) groups is 1. The van der Waals surface area contributed by atoms with E-state index >= 15 is 0 Å². The van der Waals surface area contributed by atoms with Crippen molar-refractivity contribution in [3.05, 3.63) is 64.2 Å². The van der Waals surface area contributed by atoms with Gasteiger partial charge in [0.05, 0.1) is 16.8 Å². The lowest BCUT2D eigenvalue weighted by Crippen LogP contribution is -2.37. The first-order valence-corrected chi connectivity index (χ1v) is 8.96. The lowest BCUT2D eigenvalue weighted by atomic mass is 10.1. The van der Waals surface area contributed by atoms with E-state index in [0.29, 0.717) is 22.8 Å². The van der Waals surface area contributed by atoms with Gasteiger partial charge in [0.1, 0.15) is 0 Å². The van der Waals surface area contributed by atoms with Crippen LogP contribution in [0.4, 0.5) is 5.69 Å². The fourth-order valence-corrected chi connectivity index (χ4v) is 3.34. The van der Waals surface area contributed by atoms with Gasteiger partial charge in [-0.3, -0.25) is 9.69 Å². The number of halogens is 1. The monoisotopic (exact) mass is 358 g/mol. The van der Waals surface area contributed by atoms with Crippen LogP contribution in [0.1, 0.15) is 34.3 Å². The van der Waals surface area contributed by atoms with Gasteiger partial charge in [-0.2, -0.15) is 0 Å². The fraction of sp³-hybridized carbons (Fsp3) is 0.350. The number of hydrogen-bond donors (Lipinski definition) is 2. The van der Waals surface area contributed by atoms with Crippen LogP contribution >= 0.6 is 11.6 Å². The molecule has 4 nitrogen and oxygen atoms in total. The van der Waals surface area contributed by atoms with Crippen LogP contribution in [-0.2, 0) is 6.54 Å². The molecule has 1 heterocycles. The number of nitrogens with one attached hydrogen (secondary N) is 1. The van der Waals surface area contributed by atoms with Gasteiger partial charge in [-0.1, -0.05) is 29.8 Å². The van der Waals surface area contributed by atoms with Gasteiger partial charge >= 0.3 is 0 Å². The van der Waals surface area contributed by atoms with Gasteiger partial charge in [-0.15, -0.1) is 0 Å². The van der Waals surface area contributed by atoms with Gasteiger partial charge in [0.15, 0.2) is 0 Å². The smallest absolute Gasteiger partial charge is 0.255 e. The SMILES string of the molecule is Cc1ccc(Cl)c(NC(=O)c2cccc(CN3CCC[C@H](O)C3)c2)c1. The van der Waals surface area contributed by atoms with Crippen molar-refractivity contribution in [2.75, 3.05) is 18.4 Å². The van der Waals surface area contributed by atoms with Crippen LogP contribution in [-0.4, -0.2) is 35.1 Å². The number of carbonyl (C=O) groups excluding carboxylic acids is 1. The zero-order chi connectivity index (χ0) is 17.8. The first-order valence-electron chi connectivity index (χ1n) is 8.58. The minimum atomic E-state index is -0.247. The van der Waals surface area contributed by atoms with Crippen LogP contribution in [0.5, 0.6) is 0 Å². The van der Waals surface area contributed by atoms with Crippen molar-refractivity contribution in [3.63, 3.8) is 0 Å². The van der Waals surface area contributed by atoms with Crippen LogP contribution in [0, 0.1) is 6.92 Å². The van der Waals surface area contributed by atoms with Crippen LogP contribution in [0.15, 0.2) is 42.5 Å². The second-order valence-corrected chi connectivity index (χ2v) is 7.08. The van der Waals surface area contributed by atoms with Crippen LogP contribution in [0.2, 0.25) is 5.02 Å². The largest absolute Gasteiger partial charge is 0.392 e. The molecule has 1 fully saturated rings. The number of nitrogens with zero attached hydrogens (tertiary/aromatic N) is 1. The fourth-order valence-electron chi connectivity index (χ4n) is 3.17. The first-order chi connectivity index (χ1) is 12.0. The Kier molecular flexibility index (Phi) is 5.74. The standard InChI is InChI=1S/C20H23ClN2O2/c1-14-7-8-18(21)19(10-14)22-20(25)16-5-2-4-15(11-16)12-23-9-3-6-17(24)13-23/h2,4-5,7-8,10-11,17,24H,3,6,9,12-13H2,1H3,(H,22,25)/t17-/m0/s1. The lowest BCUT2D eigenvalue weighted by molar-refractivity contribution is 0.0668.